The summed E-state index contributed by atoms with van der Waals surface area (Å²) in [6.07, 6.45) is -1.60. The van der Waals surface area contributed by atoms with Crippen molar-refractivity contribution in [3.05, 3.63) is 15.6 Å². The van der Waals surface area contributed by atoms with Crippen molar-refractivity contribution in [1.82, 2.24) is 9.88 Å². The Hall–Kier alpha value is -1.15. The number of carboxylic acid groups (broad SMARTS) is 1. The molecule has 8 heteroatoms. The third kappa shape index (κ3) is 3.29. The van der Waals surface area contributed by atoms with Crippen molar-refractivity contribution in [2.45, 2.75) is 44.9 Å². The lowest BCUT2D eigenvalue weighted by molar-refractivity contribution is -0.141. The third-order valence-electron chi connectivity index (χ3n) is 3.41. The van der Waals surface area contributed by atoms with Gasteiger partial charge in [-0.1, -0.05) is 6.42 Å². The third-order valence-corrected chi connectivity index (χ3v) is 4.44. The number of halogens is 3. The number of carboxylic acids is 1. The minimum absolute atomic E-state index is 0.212. The maximum atomic E-state index is 12.7. The first-order valence-corrected chi connectivity index (χ1v) is 7.15. The van der Waals surface area contributed by atoms with Crippen LogP contribution in [0.2, 0.25) is 0 Å². The molecule has 1 aliphatic rings. The number of alkyl halides is 3. The topological polar surface area (TPSA) is 53.4 Å². The van der Waals surface area contributed by atoms with Crippen LogP contribution in [0.25, 0.3) is 0 Å². The molecule has 20 heavy (non-hydrogen) atoms. The van der Waals surface area contributed by atoms with E-state index in [1.54, 1.807) is 0 Å². The number of aromatic carboxylic acids is 1. The molecule has 1 aliphatic heterocycles. The second-order valence-electron chi connectivity index (χ2n) is 4.90. The zero-order chi connectivity index (χ0) is 14.9. The minimum Gasteiger partial charge on any atom is -0.477 e. The molecular formula is C12H15F3N2O2S. The van der Waals surface area contributed by atoms with Gasteiger partial charge in [-0.05, 0) is 26.3 Å². The van der Waals surface area contributed by atoms with E-state index in [0.29, 0.717) is 11.3 Å². The molecule has 1 aromatic rings. The quantitative estimate of drug-likeness (QED) is 0.931. The molecular weight excluding hydrogens is 293 g/mol. The number of nitrogens with zero attached hydrogens (tertiary/aromatic N) is 2. The molecule has 0 radical (unpaired) electrons. The number of likely N-dealkylation sites (tertiary alicyclic amines) is 1. The maximum Gasteiger partial charge on any atom is 0.435 e. The van der Waals surface area contributed by atoms with E-state index in [4.69, 9.17) is 5.11 Å². The standard InChI is InChI=1S/C12H15F3N2O2S/c1-7-4-2-3-5-17(7)6-8-16-10(12(13,14)15)9(20-8)11(18)19/h7H,2-6H2,1H3,(H,18,19). The fourth-order valence-electron chi connectivity index (χ4n) is 2.34. The van der Waals surface area contributed by atoms with Crippen LogP contribution in [-0.4, -0.2) is 33.5 Å². The average molecular weight is 308 g/mol. The summed E-state index contributed by atoms with van der Waals surface area (Å²) < 4.78 is 38.2. The lowest BCUT2D eigenvalue weighted by Crippen LogP contribution is -2.36. The molecule has 1 aromatic heterocycles. The van der Waals surface area contributed by atoms with Gasteiger partial charge in [-0.3, -0.25) is 4.90 Å². The Morgan fingerprint density at radius 1 is 1.50 bits per heavy atom. The Kier molecular flexibility index (Phi) is 4.33. The van der Waals surface area contributed by atoms with Gasteiger partial charge in [-0.15, -0.1) is 11.3 Å². The van der Waals surface area contributed by atoms with Gasteiger partial charge in [0.25, 0.3) is 0 Å². The highest BCUT2D eigenvalue weighted by Crippen LogP contribution is 2.35. The molecule has 1 saturated heterocycles. The summed E-state index contributed by atoms with van der Waals surface area (Å²) in [7, 11) is 0. The first-order chi connectivity index (χ1) is 9.29. The van der Waals surface area contributed by atoms with Crippen LogP contribution in [0.15, 0.2) is 0 Å². The van der Waals surface area contributed by atoms with Gasteiger partial charge in [0.1, 0.15) is 9.88 Å². The van der Waals surface area contributed by atoms with E-state index in [1.807, 2.05) is 11.8 Å². The molecule has 1 fully saturated rings. The number of thiazole rings is 1. The highest BCUT2D eigenvalue weighted by molar-refractivity contribution is 7.13. The van der Waals surface area contributed by atoms with Crippen LogP contribution >= 0.6 is 11.3 Å². The van der Waals surface area contributed by atoms with Crippen molar-refractivity contribution in [1.29, 1.82) is 0 Å². The number of hydrogen-bond donors (Lipinski definition) is 1. The van der Waals surface area contributed by atoms with Gasteiger partial charge >= 0.3 is 12.1 Å². The van der Waals surface area contributed by atoms with Crippen LogP contribution in [0.4, 0.5) is 13.2 Å². The molecule has 0 aromatic carbocycles. The van der Waals surface area contributed by atoms with E-state index in [0.717, 1.165) is 25.8 Å². The molecule has 0 saturated carbocycles. The number of carbonyl (C=O) groups is 1. The van der Waals surface area contributed by atoms with E-state index in [2.05, 4.69) is 4.98 Å². The summed E-state index contributed by atoms with van der Waals surface area (Å²) >= 11 is 0.618. The number of hydrogen-bond acceptors (Lipinski definition) is 4. The summed E-state index contributed by atoms with van der Waals surface area (Å²) in [6, 6.07) is 0.287. The fourth-order valence-corrected chi connectivity index (χ4v) is 3.28. The molecule has 4 nitrogen and oxygen atoms in total. The van der Waals surface area contributed by atoms with Crippen molar-refractivity contribution in [2.24, 2.45) is 0 Å². The molecule has 2 rings (SSSR count). The monoisotopic (exact) mass is 308 g/mol. The largest absolute Gasteiger partial charge is 0.477 e. The summed E-state index contributed by atoms with van der Waals surface area (Å²) in [6.45, 7) is 3.11. The van der Waals surface area contributed by atoms with E-state index in [1.165, 1.54) is 0 Å². The predicted molar refractivity (Wildman–Crippen MR) is 67.8 cm³/mol. The molecule has 0 aliphatic carbocycles. The maximum absolute atomic E-state index is 12.7. The summed E-state index contributed by atoms with van der Waals surface area (Å²) in [4.78, 5) is 15.7. The summed E-state index contributed by atoms with van der Waals surface area (Å²) in [5.74, 6) is -1.58. The Balaban J connectivity index is 2.22. The molecule has 1 N–H and O–H groups in total. The van der Waals surface area contributed by atoms with Crippen LogP contribution < -0.4 is 0 Å². The van der Waals surface area contributed by atoms with Crippen LogP contribution in [0.1, 0.15) is 46.6 Å². The Morgan fingerprint density at radius 3 is 2.70 bits per heavy atom. The molecule has 0 bridgehead atoms. The van der Waals surface area contributed by atoms with Crippen molar-refractivity contribution in [3.8, 4) is 0 Å². The first kappa shape index (κ1) is 15.2. The Morgan fingerprint density at radius 2 is 2.20 bits per heavy atom. The average Bonchev–Trinajstić information content (AvgIpc) is 2.76. The zero-order valence-electron chi connectivity index (χ0n) is 10.9. The molecule has 0 amide bonds. The normalized spacial score (nSPS) is 21.1. The van der Waals surface area contributed by atoms with Crippen LogP contribution in [0.5, 0.6) is 0 Å². The summed E-state index contributed by atoms with van der Waals surface area (Å²) in [5.41, 5.74) is -1.28. The van der Waals surface area contributed by atoms with Gasteiger partial charge < -0.3 is 5.11 Å². The SMILES string of the molecule is CC1CCCCN1Cc1nc(C(F)(F)F)c(C(=O)O)s1. The smallest absolute Gasteiger partial charge is 0.435 e. The van der Waals surface area contributed by atoms with E-state index < -0.39 is 22.7 Å². The second kappa shape index (κ2) is 5.69. The lowest BCUT2D eigenvalue weighted by atomic mass is 10.0. The van der Waals surface area contributed by atoms with Crippen LogP contribution in [0, 0.1) is 0 Å². The van der Waals surface area contributed by atoms with Gasteiger partial charge in [-0.2, -0.15) is 13.2 Å². The van der Waals surface area contributed by atoms with Crippen molar-refractivity contribution >= 4 is 17.3 Å². The van der Waals surface area contributed by atoms with E-state index in [-0.39, 0.29) is 17.6 Å². The predicted octanol–water partition coefficient (Wildman–Crippen LogP) is 3.23. The molecule has 1 unspecified atom stereocenters. The highest BCUT2D eigenvalue weighted by Gasteiger charge is 2.39. The number of aromatic nitrogens is 1. The molecule has 112 valence electrons. The van der Waals surface area contributed by atoms with Gasteiger partial charge in [-0.25, -0.2) is 9.78 Å². The molecule has 1 atom stereocenters. The summed E-state index contributed by atoms with van der Waals surface area (Å²) in [5, 5.41) is 9.07. The minimum atomic E-state index is -4.73. The van der Waals surface area contributed by atoms with Crippen LogP contribution in [-0.2, 0) is 12.7 Å². The number of piperidine rings is 1. The molecule has 2 heterocycles. The number of rotatable bonds is 3. The fraction of sp³-hybridized carbons (Fsp3) is 0.667. The molecule has 0 spiro atoms. The van der Waals surface area contributed by atoms with Crippen molar-refractivity contribution in [2.75, 3.05) is 6.54 Å². The highest BCUT2D eigenvalue weighted by atomic mass is 32.1. The van der Waals surface area contributed by atoms with Gasteiger partial charge in [0, 0.05) is 6.04 Å². The van der Waals surface area contributed by atoms with Gasteiger partial charge in [0.2, 0.25) is 0 Å². The first-order valence-electron chi connectivity index (χ1n) is 6.33. The Labute approximate surface area is 118 Å². The Bertz CT molecular complexity index is 501. The second-order valence-corrected chi connectivity index (χ2v) is 5.99. The van der Waals surface area contributed by atoms with E-state index >= 15 is 0 Å². The van der Waals surface area contributed by atoms with Gasteiger partial charge in [0.05, 0.1) is 6.54 Å². The van der Waals surface area contributed by atoms with Crippen LogP contribution in [0.3, 0.4) is 0 Å². The zero-order valence-corrected chi connectivity index (χ0v) is 11.7. The van der Waals surface area contributed by atoms with Crippen molar-refractivity contribution < 1.29 is 23.1 Å². The lowest BCUT2D eigenvalue weighted by Gasteiger charge is -2.32. The van der Waals surface area contributed by atoms with E-state index in [9.17, 15) is 18.0 Å². The van der Waals surface area contributed by atoms with Crippen molar-refractivity contribution in [3.63, 3.8) is 0 Å². The van der Waals surface area contributed by atoms with Gasteiger partial charge in [0.15, 0.2) is 5.69 Å².